The van der Waals surface area contributed by atoms with Gasteiger partial charge in [0.15, 0.2) is 0 Å². The molecule has 0 spiro atoms. The van der Waals surface area contributed by atoms with E-state index in [4.69, 9.17) is 5.73 Å². The number of halogens is 2. The maximum absolute atomic E-state index is 12.1. The standard InChI is InChI=1S/C5H9F2N/c1-4(2)5(6,7)3-8/h1,3,8H2,2H3. The minimum Gasteiger partial charge on any atom is -0.325 e. The van der Waals surface area contributed by atoms with Crippen LogP contribution in [0.5, 0.6) is 0 Å². The van der Waals surface area contributed by atoms with E-state index in [2.05, 4.69) is 6.58 Å². The van der Waals surface area contributed by atoms with Gasteiger partial charge in [-0.05, 0) is 12.5 Å². The Morgan fingerprint density at radius 2 is 2.12 bits per heavy atom. The average Bonchev–Trinajstić information content (AvgIpc) is 1.67. The van der Waals surface area contributed by atoms with Crippen molar-refractivity contribution in [1.82, 2.24) is 0 Å². The van der Waals surface area contributed by atoms with Crippen LogP contribution in [-0.2, 0) is 0 Å². The predicted molar refractivity (Wildman–Crippen MR) is 28.8 cm³/mol. The van der Waals surface area contributed by atoms with E-state index in [1.807, 2.05) is 0 Å². The highest BCUT2D eigenvalue weighted by Gasteiger charge is 2.26. The molecule has 0 rings (SSSR count). The smallest absolute Gasteiger partial charge is 0.280 e. The third-order valence-corrected chi connectivity index (χ3v) is 0.881. The quantitative estimate of drug-likeness (QED) is 0.545. The van der Waals surface area contributed by atoms with Crippen molar-refractivity contribution in [3.05, 3.63) is 12.2 Å². The summed E-state index contributed by atoms with van der Waals surface area (Å²) in [5.74, 6) is -2.88. The zero-order valence-electron chi connectivity index (χ0n) is 4.75. The highest BCUT2D eigenvalue weighted by molar-refractivity contribution is 5.03. The van der Waals surface area contributed by atoms with E-state index in [-0.39, 0.29) is 5.57 Å². The molecule has 0 aromatic carbocycles. The molecule has 0 unspecified atom stereocenters. The maximum Gasteiger partial charge on any atom is 0.280 e. The highest BCUT2D eigenvalue weighted by Crippen LogP contribution is 2.19. The number of nitrogens with two attached hydrogens (primary N) is 1. The van der Waals surface area contributed by atoms with Gasteiger partial charge in [-0.25, -0.2) is 8.78 Å². The molecule has 0 heterocycles. The van der Waals surface area contributed by atoms with E-state index in [0.29, 0.717) is 0 Å². The fourth-order valence-electron chi connectivity index (χ4n) is 0.174. The molecule has 0 saturated carbocycles. The molecule has 0 aromatic rings. The Hall–Kier alpha value is -0.440. The first-order valence-corrected chi connectivity index (χ1v) is 2.24. The summed E-state index contributed by atoms with van der Waals surface area (Å²) in [5, 5.41) is 0. The van der Waals surface area contributed by atoms with Crippen molar-refractivity contribution in [3.8, 4) is 0 Å². The van der Waals surface area contributed by atoms with Crippen molar-refractivity contribution in [2.75, 3.05) is 6.54 Å². The summed E-state index contributed by atoms with van der Waals surface area (Å²) in [6, 6.07) is 0. The number of hydrogen-bond acceptors (Lipinski definition) is 1. The number of alkyl halides is 2. The molecule has 0 saturated heterocycles. The van der Waals surface area contributed by atoms with E-state index in [9.17, 15) is 8.78 Å². The van der Waals surface area contributed by atoms with Crippen molar-refractivity contribution < 1.29 is 8.78 Å². The molecule has 0 aliphatic heterocycles. The zero-order chi connectivity index (χ0) is 6.78. The van der Waals surface area contributed by atoms with Gasteiger partial charge < -0.3 is 5.73 Å². The molecule has 2 N–H and O–H groups in total. The van der Waals surface area contributed by atoms with Crippen molar-refractivity contribution >= 4 is 0 Å². The second-order valence-corrected chi connectivity index (χ2v) is 1.69. The second kappa shape index (κ2) is 2.22. The normalized spacial score (nSPS) is 11.5. The summed E-state index contributed by atoms with van der Waals surface area (Å²) in [6.07, 6.45) is 0. The first-order valence-electron chi connectivity index (χ1n) is 2.24. The molecule has 0 aliphatic rings. The fraction of sp³-hybridized carbons (Fsp3) is 0.600. The third kappa shape index (κ3) is 1.58. The summed E-state index contributed by atoms with van der Waals surface area (Å²) in [7, 11) is 0. The van der Waals surface area contributed by atoms with Gasteiger partial charge in [0, 0.05) is 0 Å². The van der Waals surface area contributed by atoms with Gasteiger partial charge in [-0.1, -0.05) is 6.58 Å². The summed E-state index contributed by atoms with van der Waals surface area (Å²) < 4.78 is 24.1. The summed E-state index contributed by atoms with van der Waals surface area (Å²) in [6.45, 7) is 3.67. The van der Waals surface area contributed by atoms with Gasteiger partial charge in [-0.3, -0.25) is 0 Å². The molecular weight excluding hydrogens is 112 g/mol. The van der Waals surface area contributed by atoms with E-state index in [1.165, 1.54) is 6.92 Å². The molecule has 0 bridgehead atoms. The Morgan fingerprint density at radius 1 is 1.75 bits per heavy atom. The first-order chi connectivity index (χ1) is 3.50. The average molecular weight is 121 g/mol. The number of hydrogen-bond donors (Lipinski definition) is 1. The molecule has 1 nitrogen and oxygen atoms in total. The maximum atomic E-state index is 12.1. The van der Waals surface area contributed by atoms with Gasteiger partial charge >= 0.3 is 0 Å². The monoisotopic (exact) mass is 121 g/mol. The molecular formula is C5H9F2N. The lowest BCUT2D eigenvalue weighted by atomic mass is 10.2. The van der Waals surface area contributed by atoms with Crippen LogP contribution in [0.1, 0.15) is 6.92 Å². The minimum absolute atomic E-state index is 0.181. The SMILES string of the molecule is C=C(C)C(F)(F)CN. The molecule has 0 radical (unpaired) electrons. The highest BCUT2D eigenvalue weighted by atomic mass is 19.3. The van der Waals surface area contributed by atoms with Gasteiger partial charge in [0.1, 0.15) is 0 Å². The largest absolute Gasteiger partial charge is 0.325 e. The second-order valence-electron chi connectivity index (χ2n) is 1.69. The zero-order valence-corrected chi connectivity index (χ0v) is 4.75. The Morgan fingerprint density at radius 3 is 2.12 bits per heavy atom. The lowest BCUT2D eigenvalue weighted by Crippen LogP contribution is -2.28. The van der Waals surface area contributed by atoms with Crippen LogP contribution in [0.4, 0.5) is 8.78 Å². The van der Waals surface area contributed by atoms with Gasteiger partial charge in [0.05, 0.1) is 6.54 Å². The molecule has 0 fully saturated rings. The van der Waals surface area contributed by atoms with Crippen molar-refractivity contribution in [2.45, 2.75) is 12.8 Å². The molecule has 0 aliphatic carbocycles. The molecule has 3 heteroatoms. The Kier molecular flexibility index (Phi) is 2.10. The van der Waals surface area contributed by atoms with Gasteiger partial charge in [0.25, 0.3) is 5.92 Å². The lowest BCUT2D eigenvalue weighted by molar-refractivity contribution is 0.0522. The molecule has 0 aromatic heterocycles. The molecule has 0 atom stereocenters. The van der Waals surface area contributed by atoms with Crippen LogP contribution >= 0.6 is 0 Å². The predicted octanol–water partition coefficient (Wildman–Crippen LogP) is 1.16. The van der Waals surface area contributed by atoms with Gasteiger partial charge in [-0.2, -0.15) is 0 Å². The van der Waals surface area contributed by atoms with Crippen molar-refractivity contribution in [1.29, 1.82) is 0 Å². The van der Waals surface area contributed by atoms with Gasteiger partial charge in [0.2, 0.25) is 0 Å². The van der Waals surface area contributed by atoms with Crippen LogP contribution < -0.4 is 5.73 Å². The van der Waals surface area contributed by atoms with Crippen LogP contribution in [0.25, 0.3) is 0 Å². The molecule has 48 valence electrons. The Balaban J connectivity index is 3.91. The van der Waals surface area contributed by atoms with E-state index < -0.39 is 12.5 Å². The molecule has 8 heavy (non-hydrogen) atoms. The topological polar surface area (TPSA) is 26.0 Å². The van der Waals surface area contributed by atoms with Crippen LogP contribution in [0.2, 0.25) is 0 Å². The van der Waals surface area contributed by atoms with Crippen LogP contribution in [0.3, 0.4) is 0 Å². The van der Waals surface area contributed by atoms with E-state index in [1.54, 1.807) is 0 Å². The Bertz CT molecular complexity index is 98.6. The molecule has 0 amide bonds. The van der Waals surface area contributed by atoms with Gasteiger partial charge in [-0.15, -0.1) is 0 Å². The summed E-state index contributed by atoms with van der Waals surface area (Å²) in [4.78, 5) is 0. The summed E-state index contributed by atoms with van der Waals surface area (Å²) in [5.41, 5.74) is 4.52. The van der Waals surface area contributed by atoms with Crippen LogP contribution in [0, 0.1) is 0 Å². The van der Waals surface area contributed by atoms with Crippen molar-refractivity contribution in [3.63, 3.8) is 0 Å². The Labute approximate surface area is 47.2 Å². The first kappa shape index (κ1) is 7.56. The third-order valence-electron chi connectivity index (χ3n) is 0.881. The fourth-order valence-corrected chi connectivity index (χ4v) is 0.174. The summed E-state index contributed by atoms with van der Waals surface area (Å²) >= 11 is 0. The van der Waals surface area contributed by atoms with E-state index in [0.717, 1.165) is 0 Å². The lowest BCUT2D eigenvalue weighted by Gasteiger charge is -2.11. The van der Waals surface area contributed by atoms with Crippen LogP contribution in [0.15, 0.2) is 12.2 Å². The van der Waals surface area contributed by atoms with E-state index >= 15 is 0 Å². The van der Waals surface area contributed by atoms with Crippen LogP contribution in [-0.4, -0.2) is 12.5 Å². The number of rotatable bonds is 2. The van der Waals surface area contributed by atoms with Crippen molar-refractivity contribution in [2.24, 2.45) is 5.73 Å². The minimum atomic E-state index is -2.88.